The number of benzene rings is 1. The van der Waals surface area contributed by atoms with Crippen LogP contribution in [0.4, 0.5) is 4.39 Å². The van der Waals surface area contributed by atoms with Gasteiger partial charge >= 0.3 is 5.97 Å². The van der Waals surface area contributed by atoms with Crippen LogP contribution in [-0.2, 0) is 11.2 Å². The Hall–Kier alpha value is -1.84. The summed E-state index contributed by atoms with van der Waals surface area (Å²) in [6, 6.07) is 5.19. The maximum atomic E-state index is 13.7. The van der Waals surface area contributed by atoms with Crippen LogP contribution in [0.2, 0.25) is 0 Å². The summed E-state index contributed by atoms with van der Waals surface area (Å²) in [6.45, 7) is 0. The zero-order chi connectivity index (χ0) is 10.8. The fourth-order valence-corrected chi connectivity index (χ4v) is 1.57. The number of carbonyl (C=O) groups is 1. The Bertz CT molecular complexity index is 504. The summed E-state index contributed by atoms with van der Waals surface area (Å²) in [5, 5.41) is 9.31. The Morgan fingerprint density at radius 2 is 2.20 bits per heavy atom. The van der Waals surface area contributed by atoms with Crippen molar-refractivity contribution in [2.45, 2.75) is 12.8 Å². The Morgan fingerprint density at radius 3 is 2.93 bits per heavy atom. The molecule has 2 rings (SSSR count). The summed E-state index contributed by atoms with van der Waals surface area (Å²) in [5.41, 5.74) is 0.880. The smallest absolute Gasteiger partial charge is 0.303 e. The van der Waals surface area contributed by atoms with Gasteiger partial charge in [-0.25, -0.2) is 4.39 Å². The van der Waals surface area contributed by atoms with Crippen molar-refractivity contribution in [3.8, 4) is 0 Å². The molecular formula is C11H10FNO2. The minimum Gasteiger partial charge on any atom is -0.481 e. The molecule has 2 aromatic rings. The summed E-state index contributed by atoms with van der Waals surface area (Å²) in [7, 11) is 0. The third kappa shape index (κ3) is 1.83. The fraction of sp³-hybridized carbons (Fsp3) is 0.182. The van der Waals surface area contributed by atoms with Crippen molar-refractivity contribution in [2.75, 3.05) is 0 Å². The van der Waals surface area contributed by atoms with E-state index in [0.29, 0.717) is 11.1 Å². The van der Waals surface area contributed by atoms with Gasteiger partial charge in [-0.1, -0.05) is 12.1 Å². The van der Waals surface area contributed by atoms with E-state index in [1.165, 1.54) is 0 Å². The van der Waals surface area contributed by atoms with E-state index in [2.05, 4.69) is 4.98 Å². The lowest BCUT2D eigenvalue weighted by atomic mass is 10.1. The molecule has 0 atom stereocenters. The first kappa shape index (κ1) is 9.71. The summed E-state index contributed by atoms with van der Waals surface area (Å²) >= 11 is 0. The minimum atomic E-state index is -0.916. The molecule has 1 aromatic carbocycles. The van der Waals surface area contributed by atoms with Crippen LogP contribution in [0.5, 0.6) is 0 Å². The molecule has 1 aromatic heterocycles. The van der Waals surface area contributed by atoms with Gasteiger partial charge in [0.05, 0.1) is 5.52 Å². The lowest BCUT2D eigenvalue weighted by molar-refractivity contribution is -0.136. The third-order valence-electron chi connectivity index (χ3n) is 2.35. The van der Waals surface area contributed by atoms with Crippen LogP contribution in [0.1, 0.15) is 12.0 Å². The number of fused-ring (bicyclic) bond motifs is 1. The molecule has 2 N–H and O–H groups in total. The highest BCUT2D eigenvalue weighted by Crippen LogP contribution is 2.20. The van der Waals surface area contributed by atoms with Crippen molar-refractivity contribution in [1.29, 1.82) is 0 Å². The van der Waals surface area contributed by atoms with Crippen molar-refractivity contribution >= 4 is 16.9 Å². The lowest BCUT2D eigenvalue weighted by Gasteiger charge is -2.02. The van der Waals surface area contributed by atoms with Crippen molar-refractivity contribution in [3.05, 3.63) is 35.8 Å². The van der Waals surface area contributed by atoms with Gasteiger partial charge in [-0.2, -0.15) is 0 Å². The molecule has 78 valence electrons. The van der Waals surface area contributed by atoms with E-state index >= 15 is 0 Å². The predicted molar refractivity (Wildman–Crippen MR) is 54.2 cm³/mol. The van der Waals surface area contributed by atoms with Gasteiger partial charge in [-0.05, 0) is 18.1 Å². The molecule has 0 saturated carbocycles. The third-order valence-corrected chi connectivity index (χ3v) is 2.35. The number of rotatable bonds is 3. The van der Waals surface area contributed by atoms with Gasteiger partial charge < -0.3 is 10.1 Å². The van der Waals surface area contributed by atoms with E-state index in [-0.39, 0.29) is 18.7 Å². The SMILES string of the molecule is O=C(O)CCc1ccc2cc[nH]c2c1F. The molecule has 0 aliphatic carbocycles. The Balaban J connectivity index is 2.35. The number of aliphatic carboxylic acids is 1. The molecule has 0 saturated heterocycles. The maximum Gasteiger partial charge on any atom is 0.303 e. The van der Waals surface area contributed by atoms with E-state index in [1.807, 2.05) is 0 Å². The zero-order valence-electron chi connectivity index (χ0n) is 7.96. The van der Waals surface area contributed by atoms with Gasteiger partial charge in [-0.3, -0.25) is 4.79 Å². The molecule has 3 nitrogen and oxygen atoms in total. The van der Waals surface area contributed by atoms with Gasteiger partial charge in [0.1, 0.15) is 5.82 Å². The monoisotopic (exact) mass is 207 g/mol. The summed E-state index contributed by atoms with van der Waals surface area (Å²) in [4.78, 5) is 13.2. The summed E-state index contributed by atoms with van der Waals surface area (Å²) in [5.74, 6) is -1.26. The fourth-order valence-electron chi connectivity index (χ4n) is 1.57. The second kappa shape index (κ2) is 3.73. The van der Waals surface area contributed by atoms with E-state index in [9.17, 15) is 9.18 Å². The Kier molecular flexibility index (Phi) is 2.41. The standard InChI is InChI=1S/C11H10FNO2/c12-10-7(3-4-9(14)15)1-2-8-5-6-13-11(8)10/h1-2,5-6,13H,3-4H2,(H,14,15). The predicted octanol–water partition coefficient (Wildman–Crippen LogP) is 2.32. The number of H-pyrrole nitrogens is 1. The highest BCUT2D eigenvalue weighted by Gasteiger charge is 2.09. The van der Waals surface area contributed by atoms with E-state index in [1.54, 1.807) is 24.4 Å². The highest BCUT2D eigenvalue weighted by molar-refractivity contribution is 5.80. The first-order valence-electron chi connectivity index (χ1n) is 4.65. The van der Waals surface area contributed by atoms with Crippen LogP contribution in [0, 0.1) is 5.82 Å². The summed E-state index contributed by atoms with van der Waals surface area (Å²) in [6.07, 6.45) is 1.83. The zero-order valence-corrected chi connectivity index (χ0v) is 7.96. The van der Waals surface area contributed by atoms with Gasteiger partial charge in [0.15, 0.2) is 0 Å². The second-order valence-corrected chi connectivity index (χ2v) is 3.37. The number of aryl methyl sites for hydroxylation is 1. The molecule has 0 aliphatic heterocycles. The van der Waals surface area contributed by atoms with E-state index in [4.69, 9.17) is 5.11 Å². The topological polar surface area (TPSA) is 53.1 Å². The quantitative estimate of drug-likeness (QED) is 0.811. The minimum absolute atomic E-state index is 0.0524. The van der Waals surface area contributed by atoms with E-state index in [0.717, 1.165) is 5.39 Å². The van der Waals surface area contributed by atoms with E-state index < -0.39 is 5.97 Å². The summed E-state index contributed by atoms with van der Waals surface area (Å²) < 4.78 is 13.7. The average molecular weight is 207 g/mol. The number of halogens is 1. The highest BCUT2D eigenvalue weighted by atomic mass is 19.1. The van der Waals surface area contributed by atoms with Crippen molar-refractivity contribution < 1.29 is 14.3 Å². The first-order valence-corrected chi connectivity index (χ1v) is 4.65. The molecule has 0 bridgehead atoms. The second-order valence-electron chi connectivity index (χ2n) is 3.37. The number of aromatic amines is 1. The van der Waals surface area contributed by atoms with Gasteiger partial charge in [0.2, 0.25) is 0 Å². The molecule has 1 heterocycles. The van der Waals surface area contributed by atoms with Crippen molar-refractivity contribution in [2.24, 2.45) is 0 Å². The van der Waals surface area contributed by atoms with Crippen LogP contribution >= 0.6 is 0 Å². The normalized spacial score (nSPS) is 10.7. The van der Waals surface area contributed by atoms with Gasteiger partial charge in [0, 0.05) is 18.0 Å². The van der Waals surface area contributed by atoms with Crippen molar-refractivity contribution in [3.63, 3.8) is 0 Å². The first-order chi connectivity index (χ1) is 7.18. The number of hydrogen-bond donors (Lipinski definition) is 2. The molecule has 0 aliphatic rings. The largest absolute Gasteiger partial charge is 0.481 e. The van der Waals surface area contributed by atoms with Crippen LogP contribution in [0.3, 0.4) is 0 Å². The van der Waals surface area contributed by atoms with Crippen LogP contribution < -0.4 is 0 Å². The van der Waals surface area contributed by atoms with Crippen LogP contribution in [0.25, 0.3) is 10.9 Å². The van der Waals surface area contributed by atoms with Crippen LogP contribution in [-0.4, -0.2) is 16.1 Å². The molecule has 0 spiro atoms. The molecule has 4 heteroatoms. The molecular weight excluding hydrogens is 197 g/mol. The molecule has 0 amide bonds. The van der Waals surface area contributed by atoms with Crippen molar-refractivity contribution in [1.82, 2.24) is 4.98 Å². The molecule has 15 heavy (non-hydrogen) atoms. The lowest BCUT2D eigenvalue weighted by Crippen LogP contribution is -1.99. The van der Waals surface area contributed by atoms with Crippen LogP contribution in [0.15, 0.2) is 24.4 Å². The molecule has 0 fully saturated rings. The number of carboxylic acid groups (broad SMARTS) is 1. The van der Waals surface area contributed by atoms with Gasteiger partial charge in [-0.15, -0.1) is 0 Å². The number of hydrogen-bond acceptors (Lipinski definition) is 1. The Labute approximate surface area is 85.5 Å². The average Bonchev–Trinajstić information content (AvgIpc) is 2.65. The molecule has 0 radical (unpaired) electrons. The number of aromatic nitrogens is 1. The number of carboxylic acids is 1. The maximum absolute atomic E-state index is 13.7. The molecule has 0 unspecified atom stereocenters. The Morgan fingerprint density at radius 1 is 1.40 bits per heavy atom. The number of nitrogens with one attached hydrogen (secondary N) is 1. The van der Waals surface area contributed by atoms with Gasteiger partial charge in [0.25, 0.3) is 0 Å².